The van der Waals surface area contributed by atoms with Gasteiger partial charge in [-0.1, -0.05) is 12.1 Å². The van der Waals surface area contributed by atoms with Crippen LogP contribution in [0.15, 0.2) is 39.9 Å². The number of thioether (sulfide) groups is 1. The third-order valence-corrected chi connectivity index (χ3v) is 5.43. The summed E-state index contributed by atoms with van der Waals surface area (Å²) in [5.41, 5.74) is 1.24. The predicted octanol–water partition coefficient (Wildman–Crippen LogP) is 3.57. The second-order valence-electron chi connectivity index (χ2n) is 4.49. The maximum Gasteiger partial charge on any atom is 0.161 e. The Balaban J connectivity index is 1.71. The Hall–Kier alpha value is -1.17. The number of rotatable bonds is 5. The van der Waals surface area contributed by atoms with Gasteiger partial charge in [0, 0.05) is 11.8 Å². The minimum Gasteiger partial charge on any atom is -0.486 e. The lowest BCUT2D eigenvalue weighted by atomic mass is 10.1. The first-order valence-corrected chi connectivity index (χ1v) is 8.46. The highest BCUT2D eigenvalue weighted by Crippen LogP contribution is 2.34. The van der Waals surface area contributed by atoms with E-state index in [1.165, 1.54) is 9.77 Å². The number of benzene rings is 1. The van der Waals surface area contributed by atoms with Gasteiger partial charge in [-0.2, -0.15) is 0 Å². The molecule has 0 aliphatic carbocycles. The average Bonchev–Trinajstić information content (AvgIpc) is 3.01. The Morgan fingerprint density at radius 3 is 2.85 bits per heavy atom. The van der Waals surface area contributed by atoms with Crippen molar-refractivity contribution in [1.29, 1.82) is 0 Å². The predicted molar refractivity (Wildman–Crippen MR) is 84.3 cm³/mol. The Kier molecular flexibility index (Phi) is 4.50. The number of hydrogen-bond acceptors (Lipinski definition) is 5. The summed E-state index contributed by atoms with van der Waals surface area (Å²) in [6.07, 6.45) is 0. The summed E-state index contributed by atoms with van der Waals surface area (Å²) in [5, 5.41) is 5.49. The van der Waals surface area contributed by atoms with Gasteiger partial charge in [0.25, 0.3) is 0 Å². The van der Waals surface area contributed by atoms with Crippen molar-refractivity contribution in [2.45, 2.75) is 10.3 Å². The van der Waals surface area contributed by atoms with Gasteiger partial charge in [0.05, 0.1) is 4.21 Å². The Morgan fingerprint density at radius 2 is 2.10 bits per heavy atom. The van der Waals surface area contributed by atoms with E-state index in [-0.39, 0.29) is 0 Å². The fourth-order valence-electron chi connectivity index (χ4n) is 2.13. The molecule has 1 unspecified atom stereocenters. The largest absolute Gasteiger partial charge is 0.486 e. The lowest BCUT2D eigenvalue weighted by molar-refractivity contribution is 0.171. The molecule has 20 heavy (non-hydrogen) atoms. The van der Waals surface area contributed by atoms with Gasteiger partial charge in [0.2, 0.25) is 0 Å². The van der Waals surface area contributed by atoms with E-state index in [1.54, 1.807) is 11.3 Å². The van der Waals surface area contributed by atoms with Crippen LogP contribution in [-0.2, 0) is 0 Å². The fraction of sp³-hybridized carbons (Fsp3) is 0.333. The summed E-state index contributed by atoms with van der Waals surface area (Å²) in [6.45, 7) is 1.26. The zero-order valence-corrected chi connectivity index (χ0v) is 12.9. The fourth-order valence-corrected chi connectivity index (χ4v) is 4.09. The van der Waals surface area contributed by atoms with E-state index in [1.807, 2.05) is 24.9 Å². The molecule has 0 radical (unpaired) electrons. The molecule has 0 fully saturated rings. The van der Waals surface area contributed by atoms with Crippen molar-refractivity contribution in [3.8, 4) is 11.5 Å². The molecule has 5 heteroatoms. The first-order valence-electron chi connectivity index (χ1n) is 6.60. The number of fused-ring (bicyclic) bond motifs is 1. The molecular formula is C15H17NO2S2. The minimum absolute atomic E-state index is 0.304. The molecular weight excluding hydrogens is 290 g/mol. The molecule has 2 heterocycles. The van der Waals surface area contributed by atoms with Crippen LogP contribution >= 0.6 is 23.1 Å². The van der Waals surface area contributed by atoms with Crippen molar-refractivity contribution in [3.63, 3.8) is 0 Å². The first-order chi connectivity index (χ1) is 9.86. The van der Waals surface area contributed by atoms with Crippen LogP contribution in [0, 0.1) is 0 Å². The van der Waals surface area contributed by atoms with E-state index in [0.29, 0.717) is 19.3 Å². The van der Waals surface area contributed by atoms with Crippen molar-refractivity contribution in [1.82, 2.24) is 5.32 Å². The lowest BCUT2D eigenvalue weighted by Gasteiger charge is -2.21. The highest BCUT2D eigenvalue weighted by Gasteiger charge is 2.16. The molecule has 1 aliphatic heterocycles. The molecule has 3 rings (SSSR count). The minimum atomic E-state index is 0.304. The summed E-state index contributed by atoms with van der Waals surface area (Å²) in [7, 11) is 2.00. The van der Waals surface area contributed by atoms with Crippen LogP contribution < -0.4 is 14.8 Å². The van der Waals surface area contributed by atoms with Gasteiger partial charge in [0.15, 0.2) is 11.5 Å². The summed E-state index contributed by atoms with van der Waals surface area (Å²) in [6, 6.07) is 10.8. The monoisotopic (exact) mass is 307 g/mol. The smallest absolute Gasteiger partial charge is 0.161 e. The third-order valence-electron chi connectivity index (χ3n) is 3.20. The quantitative estimate of drug-likeness (QED) is 0.856. The average molecular weight is 307 g/mol. The van der Waals surface area contributed by atoms with Crippen LogP contribution in [0.2, 0.25) is 0 Å². The van der Waals surface area contributed by atoms with E-state index in [0.717, 1.165) is 17.3 Å². The van der Waals surface area contributed by atoms with Crippen LogP contribution in [0.25, 0.3) is 0 Å². The van der Waals surface area contributed by atoms with Crippen molar-refractivity contribution in [2.24, 2.45) is 0 Å². The highest BCUT2D eigenvalue weighted by molar-refractivity contribution is 8.01. The summed E-state index contributed by atoms with van der Waals surface area (Å²) in [5.74, 6) is 2.70. The molecule has 0 bridgehead atoms. The molecule has 2 aromatic rings. The van der Waals surface area contributed by atoms with Gasteiger partial charge in [-0.25, -0.2) is 0 Å². The third kappa shape index (κ3) is 3.11. The van der Waals surface area contributed by atoms with Gasteiger partial charge in [0.1, 0.15) is 13.2 Å². The molecule has 1 atom stereocenters. The van der Waals surface area contributed by atoms with E-state index >= 15 is 0 Å². The number of nitrogens with one attached hydrogen (secondary N) is 1. The molecule has 3 nitrogen and oxygen atoms in total. The first kappa shape index (κ1) is 13.8. The molecule has 1 aromatic carbocycles. The van der Waals surface area contributed by atoms with Crippen LogP contribution in [0.4, 0.5) is 0 Å². The number of thiophene rings is 1. The molecule has 0 saturated heterocycles. The number of ether oxygens (including phenoxy) is 2. The van der Waals surface area contributed by atoms with Crippen molar-refractivity contribution in [2.75, 3.05) is 26.0 Å². The van der Waals surface area contributed by atoms with E-state index in [9.17, 15) is 0 Å². The van der Waals surface area contributed by atoms with E-state index in [4.69, 9.17) is 9.47 Å². The molecule has 0 spiro atoms. The molecule has 106 valence electrons. The van der Waals surface area contributed by atoms with Gasteiger partial charge in [-0.15, -0.1) is 23.1 Å². The molecule has 1 aliphatic rings. The van der Waals surface area contributed by atoms with Crippen LogP contribution in [0.5, 0.6) is 11.5 Å². The maximum atomic E-state index is 5.65. The van der Waals surface area contributed by atoms with Crippen molar-refractivity contribution < 1.29 is 9.47 Å². The molecule has 0 saturated carbocycles. The second-order valence-corrected chi connectivity index (χ2v) is 6.76. The Labute approximate surface area is 127 Å². The Bertz CT molecular complexity index is 557. The summed E-state index contributed by atoms with van der Waals surface area (Å²) in [4.78, 5) is 0. The Morgan fingerprint density at radius 1 is 1.25 bits per heavy atom. The second kappa shape index (κ2) is 6.52. The SMILES string of the molecule is CNC(CSc1cccs1)c1ccc2c(c1)OCCO2. The van der Waals surface area contributed by atoms with Crippen molar-refractivity contribution in [3.05, 3.63) is 41.3 Å². The standard InChI is InChI=1S/C15H17NO2S2/c1-16-12(10-20-15-3-2-8-19-15)11-4-5-13-14(9-11)18-7-6-17-13/h2-5,8-9,12,16H,6-7,10H2,1H3. The normalized spacial score (nSPS) is 15.1. The number of hydrogen-bond donors (Lipinski definition) is 1. The van der Waals surface area contributed by atoms with Crippen molar-refractivity contribution >= 4 is 23.1 Å². The van der Waals surface area contributed by atoms with Crippen LogP contribution in [-0.4, -0.2) is 26.0 Å². The highest BCUT2D eigenvalue weighted by atomic mass is 32.2. The van der Waals surface area contributed by atoms with Gasteiger partial charge in [-0.3, -0.25) is 0 Å². The molecule has 1 N–H and O–H groups in total. The maximum absolute atomic E-state index is 5.65. The molecule has 1 aromatic heterocycles. The van der Waals surface area contributed by atoms with Gasteiger partial charge < -0.3 is 14.8 Å². The zero-order valence-electron chi connectivity index (χ0n) is 11.3. The summed E-state index contributed by atoms with van der Waals surface area (Å²) >= 11 is 3.66. The lowest BCUT2D eigenvalue weighted by Crippen LogP contribution is -2.20. The zero-order chi connectivity index (χ0) is 13.8. The van der Waals surface area contributed by atoms with E-state index in [2.05, 4.69) is 35.0 Å². The van der Waals surface area contributed by atoms with Gasteiger partial charge in [-0.05, 0) is 36.2 Å². The van der Waals surface area contributed by atoms with Crippen LogP contribution in [0.1, 0.15) is 11.6 Å². The van der Waals surface area contributed by atoms with Gasteiger partial charge >= 0.3 is 0 Å². The molecule has 0 amide bonds. The van der Waals surface area contributed by atoms with E-state index < -0.39 is 0 Å². The van der Waals surface area contributed by atoms with Crippen LogP contribution in [0.3, 0.4) is 0 Å². The summed E-state index contributed by atoms with van der Waals surface area (Å²) < 4.78 is 12.6. The topological polar surface area (TPSA) is 30.5 Å².